The van der Waals surface area contributed by atoms with Crippen molar-refractivity contribution in [1.82, 2.24) is 10.2 Å². The summed E-state index contributed by atoms with van der Waals surface area (Å²) in [6, 6.07) is 5.13. The summed E-state index contributed by atoms with van der Waals surface area (Å²) in [5, 5.41) is 2.95. The van der Waals surface area contributed by atoms with E-state index in [-0.39, 0.29) is 42.8 Å². The molecule has 9 heteroatoms. The fourth-order valence-corrected chi connectivity index (χ4v) is 2.73. The molecule has 1 saturated heterocycles. The summed E-state index contributed by atoms with van der Waals surface area (Å²) in [5.41, 5.74) is 5.79. The maximum atomic E-state index is 12.5. The monoisotopic (exact) mass is 401 g/mol. The van der Waals surface area contributed by atoms with Crippen LogP contribution in [0.5, 0.6) is 0 Å². The van der Waals surface area contributed by atoms with E-state index in [4.69, 9.17) is 5.73 Å². The first-order chi connectivity index (χ1) is 10.7. The number of hydrogen-bond acceptors (Lipinski definition) is 3. The molecule has 1 aromatic carbocycles. The molecular weight excluding hydrogens is 378 g/mol. The van der Waals surface area contributed by atoms with Crippen LogP contribution in [0.25, 0.3) is 0 Å². The van der Waals surface area contributed by atoms with Gasteiger partial charge < -0.3 is 11.1 Å². The largest absolute Gasteiger partial charge is 0.416 e. The van der Waals surface area contributed by atoms with Crippen LogP contribution in [0, 0.1) is 0 Å². The van der Waals surface area contributed by atoms with Crippen LogP contribution in [0.1, 0.15) is 30.9 Å². The van der Waals surface area contributed by atoms with Crippen molar-refractivity contribution in [2.24, 2.45) is 5.73 Å². The number of carbonyl (C=O) groups excluding carboxylic acids is 1. The average molecular weight is 402 g/mol. The zero-order chi connectivity index (χ0) is 17.0. The Kier molecular flexibility index (Phi) is 9.79. The van der Waals surface area contributed by atoms with E-state index in [0.29, 0.717) is 19.5 Å². The fourth-order valence-electron chi connectivity index (χ4n) is 2.73. The number of hydrogen-bond donors (Lipinski definition) is 2. The van der Waals surface area contributed by atoms with Crippen molar-refractivity contribution in [3.05, 3.63) is 35.4 Å². The molecule has 4 nitrogen and oxygen atoms in total. The lowest BCUT2D eigenvalue weighted by Gasteiger charge is -2.17. The van der Waals surface area contributed by atoms with Gasteiger partial charge in [0.15, 0.2) is 0 Å². The van der Waals surface area contributed by atoms with E-state index in [1.165, 1.54) is 12.1 Å². The zero-order valence-electron chi connectivity index (χ0n) is 13.9. The summed E-state index contributed by atoms with van der Waals surface area (Å²) in [4.78, 5) is 13.8. The summed E-state index contributed by atoms with van der Waals surface area (Å²) < 4.78 is 37.6. The Hall–Kier alpha value is -1.02. The predicted octanol–water partition coefficient (Wildman–Crippen LogP) is 2.98. The van der Waals surface area contributed by atoms with E-state index < -0.39 is 11.7 Å². The maximum absolute atomic E-state index is 12.5. The first-order valence-electron chi connectivity index (χ1n) is 7.67. The van der Waals surface area contributed by atoms with Gasteiger partial charge in [-0.15, -0.1) is 24.8 Å². The highest BCUT2D eigenvalue weighted by molar-refractivity contribution is 5.85. The Morgan fingerprint density at radius 3 is 2.44 bits per heavy atom. The van der Waals surface area contributed by atoms with Gasteiger partial charge in [-0.3, -0.25) is 9.69 Å². The van der Waals surface area contributed by atoms with Crippen molar-refractivity contribution in [2.45, 2.75) is 44.6 Å². The minimum Gasteiger partial charge on any atom is -0.352 e. The SMILES string of the molecule is CC(N)CC(=O)NC1CCN(Cc2ccc(C(F)(F)F)cc2)C1.Cl.Cl. The molecule has 2 atom stereocenters. The van der Waals surface area contributed by atoms with Crippen LogP contribution in [-0.4, -0.2) is 36.0 Å². The third-order valence-corrected chi connectivity index (χ3v) is 3.83. The second-order valence-corrected chi connectivity index (χ2v) is 6.16. The van der Waals surface area contributed by atoms with Gasteiger partial charge in [-0.25, -0.2) is 0 Å². The number of likely N-dealkylation sites (tertiary alicyclic amines) is 1. The summed E-state index contributed by atoms with van der Waals surface area (Å²) in [5.74, 6) is -0.0543. The van der Waals surface area contributed by atoms with Crippen molar-refractivity contribution >= 4 is 30.7 Å². The lowest BCUT2D eigenvalue weighted by Crippen LogP contribution is -2.39. The van der Waals surface area contributed by atoms with Gasteiger partial charge in [-0.1, -0.05) is 12.1 Å². The van der Waals surface area contributed by atoms with Crippen LogP contribution >= 0.6 is 24.8 Å². The lowest BCUT2D eigenvalue weighted by molar-refractivity contribution is -0.137. The second kappa shape index (κ2) is 10.2. The number of nitrogens with two attached hydrogens (primary N) is 1. The molecule has 0 aliphatic carbocycles. The van der Waals surface area contributed by atoms with E-state index in [1.807, 2.05) is 0 Å². The Bertz CT molecular complexity index is 538. The molecule has 2 rings (SSSR count). The molecule has 0 aromatic heterocycles. The molecule has 1 aliphatic rings. The molecule has 0 saturated carbocycles. The average Bonchev–Trinajstić information content (AvgIpc) is 2.84. The molecule has 1 amide bonds. The molecular formula is C16H24Cl2F3N3O. The Labute approximate surface area is 158 Å². The zero-order valence-corrected chi connectivity index (χ0v) is 15.5. The molecule has 144 valence electrons. The van der Waals surface area contributed by atoms with Crippen LogP contribution in [0.2, 0.25) is 0 Å². The van der Waals surface area contributed by atoms with Gasteiger partial charge in [0.1, 0.15) is 0 Å². The van der Waals surface area contributed by atoms with E-state index in [1.54, 1.807) is 6.92 Å². The van der Waals surface area contributed by atoms with E-state index in [9.17, 15) is 18.0 Å². The van der Waals surface area contributed by atoms with E-state index >= 15 is 0 Å². The standard InChI is InChI=1S/C16H22F3N3O.2ClH/c1-11(20)8-15(23)21-14-6-7-22(10-14)9-12-2-4-13(5-3-12)16(17,18)19;;/h2-5,11,14H,6-10,20H2,1H3,(H,21,23);2*1H. The van der Waals surface area contributed by atoms with Gasteiger partial charge in [0.2, 0.25) is 5.91 Å². The first kappa shape index (κ1) is 24.0. The Morgan fingerprint density at radius 2 is 1.92 bits per heavy atom. The summed E-state index contributed by atoms with van der Waals surface area (Å²) >= 11 is 0. The topological polar surface area (TPSA) is 58.4 Å². The number of amides is 1. The molecule has 0 radical (unpaired) electrons. The highest BCUT2D eigenvalue weighted by atomic mass is 35.5. The third-order valence-electron chi connectivity index (χ3n) is 3.83. The lowest BCUT2D eigenvalue weighted by atomic mass is 10.1. The summed E-state index contributed by atoms with van der Waals surface area (Å²) in [6.07, 6.45) is -3.16. The molecule has 25 heavy (non-hydrogen) atoms. The van der Waals surface area contributed by atoms with E-state index in [0.717, 1.165) is 30.7 Å². The van der Waals surface area contributed by atoms with Crippen molar-refractivity contribution in [3.63, 3.8) is 0 Å². The van der Waals surface area contributed by atoms with Gasteiger partial charge >= 0.3 is 6.18 Å². The number of nitrogens with zero attached hydrogens (tertiary/aromatic N) is 1. The van der Waals surface area contributed by atoms with Crippen molar-refractivity contribution in [3.8, 4) is 0 Å². The molecule has 3 N–H and O–H groups in total. The number of nitrogens with one attached hydrogen (secondary N) is 1. The number of rotatable bonds is 5. The van der Waals surface area contributed by atoms with Crippen LogP contribution < -0.4 is 11.1 Å². The summed E-state index contributed by atoms with van der Waals surface area (Å²) in [7, 11) is 0. The van der Waals surface area contributed by atoms with Crippen LogP contribution in [0.4, 0.5) is 13.2 Å². The fraction of sp³-hybridized carbons (Fsp3) is 0.562. The van der Waals surface area contributed by atoms with Crippen LogP contribution in [0.3, 0.4) is 0 Å². The van der Waals surface area contributed by atoms with E-state index in [2.05, 4.69) is 10.2 Å². The number of alkyl halides is 3. The smallest absolute Gasteiger partial charge is 0.352 e. The minimum absolute atomic E-state index is 0. The molecule has 1 heterocycles. The molecule has 0 spiro atoms. The van der Waals surface area contributed by atoms with Gasteiger partial charge in [-0.2, -0.15) is 13.2 Å². The number of carbonyl (C=O) groups is 1. The van der Waals surface area contributed by atoms with Gasteiger partial charge in [0.05, 0.1) is 5.56 Å². The quantitative estimate of drug-likeness (QED) is 0.797. The molecule has 1 fully saturated rings. The maximum Gasteiger partial charge on any atom is 0.416 e. The molecule has 1 aliphatic heterocycles. The number of halogens is 5. The van der Waals surface area contributed by atoms with Gasteiger partial charge in [-0.05, 0) is 31.0 Å². The Balaban J connectivity index is 0.00000288. The third kappa shape index (κ3) is 7.81. The van der Waals surface area contributed by atoms with Gasteiger partial charge in [0, 0.05) is 38.1 Å². The van der Waals surface area contributed by atoms with Crippen LogP contribution in [0.15, 0.2) is 24.3 Å². The van der Waals surface area contributed by atoms with Gasteiger partial charge in [0.25, 0.3) is 0 Å². The first-order valence-corrected chi connectivity index (χ1v) is 7.67. The van der Waals surface area contributed by atoms with Crippen molar-refractivity contribution < 1.29 is 18.0 Å². The second-order valence-electron chi connectivity index (χ2n) is 6.16. The van der Waals surface area contributed by atoms with Crippen LogP contribution in [-0.2, 0) is 17.5 Å². The Morgan fingerprint density at radius 1 is 1.32 bits per heavy atom. The number of benzene rings is 1. The normalized spacial score (nSPS) is 18.8. The van der Waals surface area contributed by atoms with Crippen molar-refractivity contribution in [1.29, 1.82) is 0 Å². The molecule has 2 unspecified atom stereocenters. The minimum atomic E-state index is -4.30. The van der Waals surface area contributed by atoms with Crippen molar-refractivity contribution in [2.75, 3.05) is 13.1 Å². The highest BCUT2D eigenvalue weighted by Crippen LogP contribution is 2.29. The predicted molar refractivity (Wildman–Crippen MR) is 96.0 cm³/mol. The highest BCUT2D eigenvalue weighted by Gasteiger charge is 2.30. The summed E-state index contributed by atoms with van der Waals surface area (Å²) in [6.45, 7) is 3.87. The molecule has 1 aromatic rings. The molecule has 0 bridgehead atoms.